The van der Waals surface area contributed by atoms with Gasteiger partial charge in [0, 0.05) is 37.8 Å². The second-order valence-corrected chi connectivity index (χ2v) is 8.42. The molecule has 31 heavy (non-hydrogen) atoms. The maximum absolute atomic E-state index is 10.6. The van der Waals surface area contributed by atoms with Gasteiger partial charge in [-0.3, -0.25) is 9.80 Å². The third-order valence-electron chi connectivity index (χ3n) is 6.52. The highest BCUT2D eigenvalue weighted by atomic mass is 16.5. The molecule has 1 unspecified atom stereocenters. The van der Waals surface area contributed by atoms with Crippen LogP contribution in [0.4, 0.5) is 0 Å². The first-order chi connectivity index (χ1) is 15.1. The van der Waals surface area contributed by atoms with E-state index in [0.29, 0.717) is 18.4 Å². The maximum Gasteiger partial charge on any atom is 0.162 e. The van der Waals surface area contributed by atoms with E-state index in [-0.39, 0.29) is 5.75 Å². The molecule has 2 heterocycles. The van der Waals surface area contributed by atoms with E-state index in [4.69, 9.17) is 14.2 Å². The van der Waals surface area contributed by atoms with Gasteiger partial charge in [-0.15, -0.1) is 0 Å². The van der Waals surface area contributed by atoms with Gasteiger partial charge in [-0.25, -0.2) is 0 Å². The fourth-order valence-corrected chi connectivity index (χ4v) is 4.90. The number of rotatable bonds is 7. The number of benzene rings is 2. The molecule has 0 saturated carbocycles. The molecule has 0 aromatic heterocycles. The van der Waals surface area contributed by atoms with Gasteiger partial charge in [-0.1, -0.05) is 12.1 Å². The van der Waals surface area contributed by atoms with Crippen molar-refractivity contribution in [3.05, 3.63) is 47.0 Å². The standard InChI is InChI=1S/C25H34N2O4/c1-4-31-22-9-5-7-19(25(22)28)15-26-11-6-8-21(17-26)27-12-10-18-13-23(29-2)24(30-3)14-20(18)16-27/h5,7,9,13-14,21,28H,4,6,8,10-12,15-17H2,1-3H3. The van der Waals surface area contributed by atoms with Crippen LogP contribution in [0.2, 0.25) is 0 Å². The second-order valence-electron chi connectivity index (χ2n) is 8.42. The summed E-state index contributed by atoms with van der Waals surface area (Å²) in [6.45, 7) is 7.31. The zero-order chi connectivity index (χ0) is 21.8. The van der Waals surface area contributed by atoms with Gasteiger partial charge in [0.25, 0.3) is 0 Å². The minimum atomic E-state index is 0.277. The minimum absolute atomic E-state index is 0.277. The van der Waals surface area contributed by atoms with Gasteiger partial charge in [0.1, 0.15) is 0 Å². The van der Waals surface area contributed by atoms with E-state index >= 15 is 0 Å². The Labute approximate surface area is 185 Å². The Morgan fingerprint density at radius 1 is 1.03 bits per heavy atom. The number of ether oxygens (including phenoxy) is 3. The molecular formula is C25H34N2O4. The lowest BCUT2D eigenvalue weighted by Crippen LogP contribution is -2.49. The Morgan fingerprint density at radius 2 is 1.81 bits per heavy atom. The van der Waals surface area contributed by atoms with E-state index in [9.17, 15) is 5.11 Å². The fourth-order valence-electron chi connectivity index (χ4n) is 4.90. The van der Waals surface area contributed by atoms with Crippen LogP contribution in [-0.4, -0.2) is 61.4 Å². The average Bonchev–Trinajstić information content (AvgIpc) is 2.80. The molecule has 0 radical (unpaired) electrons. The summed E-state index contributed by atoms with van der Waals surface area (Å²) in [6, 6.07) is 10.6. The largest absolute Gasteiger partial charge is 0.504 e. The van der Waals surface area contributed by atoms with Crippen molar-refractivity contribution in [1.29, 1.82) is 0 Å². The van der Waals surface area contributed by atoms with Crippen LogP contribution in [0.3, 0.4) is 0 Å². The Kier molecular flexibility index (Phi) is 6.88. The molecule has 2 aliphatic rings. The molecular weight excluding hydrogens is 392 g/mol. The molecule has 0 bridgehead atoms. The van der Waals surface area contributed by atoms with Gasteiger partial charge in [0.15, 0.2) is 23.0 Å². The van der Waals surface area contributed by atoms with E-state index in [1.54, 1.807) is 14.2 Å². The van der Waals surface area contributed by atoms with Crippen molar-refractivity contribution in [2.45, 2.75) is 45.3 Å². The van der Waals surface area contributed by atoms with Crippen LogP contribution in [0.15, 0.2) is 30.3 Å². The number of nitrogens with zero attached hydrogens (tertiary/aromatic N) is 2. The molecule has 2 aromatic rings. The number of para-hydroxylation sites is 1. The number of fused-ring (bicyclic) bond motifs is 1. The molecule has 1 saturated heterocycles. The summed E-state index contributed by atoms with van der Waals surface area (Å²) >= 11 is 0. The lowest BCUT2D eigenvalue weighted by Gasteiger charge is -2.41. The summed E-state index contributed by atoms with van der Waals surface area (Å²) in [5.41, 5.74) is 3.63. The summed E-state index contributed by atoms with van der Waals surface area (Å²) in [5, 5.41) is 10.6. The second kappa shape index (κ2) is 9.79. The third-order valence-corrected chi connectivity index (χ3v) is 6.52. The molecule has 2 aromatic carbocycles. The van der Waals surface area contributed by atoms with Crippen LogP contribution in [0.1, 0.15) is 36.5 Å². The molecule has 1 fully saturated rings. The summed E-state index contributed by atoms with van der Waals surface area (Å²) in [4.78, 5) is 5.07. The van der Waals surface area contributed by atoms with Crippen molar-refractivity contribution < 1.29 is 19.3 Å². The van der Waals surface area contributed by atoms with Gasteiger partial charge in [0.05, 0.1) is 20.8 Å². The van der Waals surface area contributed by atoms with Crippen LogP contribution in [0, 0.1) is 0 Å². The van der Waals surface area contributed by atoms with Crippen LogP contribution in [-0.2, 0) is 19.5 Å². The van der Waals surface area contributed by atoms with Crippen LogP contribution >= 0.6 is 0 Å². The quantitative estimate of drug-likeness (QED) is 0.726. The van der Waals surface area contributed by atoms with Crippen molar-refractivity contribution in [3.63, 3.8) is 0 Å². The maximum atomic E-state index is 10.6. The number of phenolic OH excluding ortho intramolecular Hbond substituents is 1. The molecule has 6 nitrogen and oxygen atoms in total. The summed E-state index contributed by atoms with van der Waals surface area (Å²) in [7, 11) is 3.39. The van der Waals surface area contributed by atoms with Crippen LogP contribution < -0.4 is 14.2 Å². The Hall–Kier alpha value is -2.44. The topological polar surface area (TPSA) is 54.4 Å². The molecule has 0 amide bonds. The number of aromatic hydroxyl groups is 1. The Balaban J connectivity index is 1.43. The summed E-state index contributed by atoms with van der Waals surface area (Å²) in [5.74, 6) is 2.47. The number of methoxy groups -OCH3 is 2. The predicted octanol–water partition coefficient (Wildman–Crippen LogP) is 3.83. The normalized spacial score (nSPS) is 19.6. The van der Waals surface area contributed by atoms with E-state index in [1.807, 2.05) is 25.1 Å². The lowest BCUT2D eigenvalue weighted by molar-refractivity contribution is 0.0832. The van der Waals surface area contributed by atoms with Crippen molar-refractivity contribution in [3.8, 4) is 23.0 Å². The van der Waals surface area contributed by atoms with E-state index in [0.717, 1.165) is 56.2 Å². The predicted molar refractivity (Wildman–Crippen MR) is 121 cm³/mol. The fraction of sp³-hybridized carbons (Fsp3) is 0.520. The average molecular weight is 427 g/mol. The first-order valence-electron chi connectivity index (χ1n) is 11.3. The van der Waals surface area contributed by atoms with Crippen molar-refractivity contribution >= 4 is 0 Å². The Morgan fingerprint density at radius 3 is 2.55 bits per heavy atom. The minimum Gasteiger partial charge on any atom is -0.504 e. The van der Waals surface area contributed by atoms with E-state index in [1.165, 1.54) is 24.0 Å². The highest BCUT2D eigenvalue weighted by Gasteiger charge is 2.29. The number of likely N-dealkylation sites (tertiary alicyclic amines) is 1. The van der Waals surface area contributed by atoms with E-state index in [2.05, 4.69) is 21.9 Å². The summed E-state index contributed by atoms with van der Waals surface area (Å²) in [6.07, 6.45) is 3.42. The SMILES string of the molecule is CCOc1cccc(CN2CCCC(N3CCc4cc(OC)c(OC)cc4C3)C2)c1O. The molecule has 6 heteroatoms. The molecule has 1 N–H and O–H groups in total. The zero-order valence-corrected chi connectivity index (χ0v) is 18.9. The van der Waals surface area contributed by atoms with E-state index < -0.39 is 0 Å². The van der Waals surface area contributed by atoms with Crippen molar-refractivity contribution in [2.75, 3.05) is 40.5 Å². The van der Waals surface area contributed by atoms with Crippen LogP contribution in [0.25, 0.3) is 0 Å². The van der Waals surface area contributed by atoms with Crippen LogP contribution in [0.5, 0.6) is 23.0 Å². The van der Waals surface area contributed by atoms with Gasteiger partial charge in [-0.05, 0) is 62.1 Å². The number of piperidine rings is 1. The smallest absolute Gasteiger partial charge is 0.162 e. The van der Waals surface area contributed by atoms with Gasteiger partial charge >= 0.3 is 0 Å². The first-order valence-corrected chi connectivity index (χ1v) is 11.3. The molecule has 0 aliphatic carbocycles. The zero-order valence-electron chi connectivity index (χ0n) is 18.9. The molecule has 4 rings (SSSR count). The first kappa shape index (κ1) is 21.8. The monoisotopic (exact) mass is 426 g/mol. The number of phenols is 1. The van der Waals surface area contributed by atoms with Gasteiger partial charge in [0.2, 0.25) is 0 Å². The lowest BCUT2D eigenvalue weighted by atomic mass is 9.95. The Bertz CT molecular complexity index is 901. The molecule has 2 aliphatic heterocycles. The highest BCUT2D eigenvalue weighted by Crippen LogP contribution is 2.35. The highest BCUT2D eigenvalue weighted by molar-refractivity contribution is 5.48. The number of hydrogen-bond donors (Lipinski definition) is 1. The van der Waals surface area contributed by atoms with Crippen molar-refractivity contribution in [2.24, 2.45) is 0 Å². The summed E-state index contributed by atoms with van der Waals surface area (Å²) < 4.78 is 16.5. The van der Waals surface area contributed by atoms with Crippen molar-refractivity contribution in [1.82, 2.24) is 9.80 Å². The molecule has 1 atom stereocenters. The molecule has 168 valence electrons. The third kappa shape index (κ3) is 4.75. The van der Waals surface area contributed by atoms with Gasteiger partial charge in [-0.2, -0.15) is 0 Å². The van der Waals surface area contributed by atoms with Gasteiger partial charge < -0.3 is 19.3 Å². The number of hydrogen-bond acceptors (Lipinski definition) is 6. The molecule has 0 spiro atoms.